The number of carbonyl (C=O) groups is 3. The number of anilines is 1. The number of pyridine rings is 1. The van der Waals surface area contributed by atoms with Crippen molar-refractivity contribution >= 4 is 23.7 Å². The SMILES string of the molecule is CCOCC(CC(C)C)NC(=O)C1CC(C(=O)N(c2ccc(C(C)(C)OC)cn2)C2CC2)CN(C(=O)OC(C)(C)C)C1. The molecule has 1 N–H and O–H groups in total. The van der Waals surface area contributed by atoms with Crippen LogP contribution in [-0.2, 0) is 29.4 Å². The molecule has 10 nitrogen and oxygen atoms in total. The van der Waals surface area contributed by atoms with E-state index in [4.69, 9.17) is 14.2 Å². The van der Waals surface area contributed by atoms with Crippen LogP contribution in [0, 0.1) is 17.8 Å². The topological polar surface area (TPSA) is 110 Å². The minimum absolute atomic E-state index is 0.0529. The van der Waals surface area contributed by atoms with Gasteiger partial charge < -0.3 is 24.4 Å². The van der Waals surface area contributed by atoms with E-state index in [0.29, 0.717) is 31.4 Å². The van der Waals surface area contributed by atoms with Gasteiger partial charge in [-0.3, -0.25) is 14.5 Å². The summed E-state index contributed by atoms with van der Waals surface area (Å²) in [4.78, 5) is 48.9. The molecule has 2 heterocycles. The third-order valence-electron chi connectivity index (χ3n) is 7.80. The predicted octanol–water partition coefficient (Wildman–Crippen LogP) is 4.90. The van der Waals surface area contributed by atoms with Gasteiger partial charge in [0.15, 0.2) is 0 Å². The predicted molar refractivity (Wildman–Crippen MR) is 162 cm³/mol. The summed E-state index contributed by atoms with van der Waals surface area (Å²) in [5.74, 6) is -0.487. The van der Waals surface area contributed by atoms with Gasteiger partial charge >= 0.3 is 6.09 Å². The molecule has 10 heteroatoms. The fourth-order valence-electron chi connectivity index (χ4n) is 5.27. The number of likely N-dealkylation sites (tertiary alicyclic amines) is 1. The first-order chi connectivity index (χ1) is 19.6. The number of aromatic nitrogens is 1. The fraction of sp³-hybridized carbons (Fsp3) is 0.750. The van der Waals surface area contributed by atoms with Crippen LogP contribution in [0.25, 0.3) is 0 Å². The maximum atomic E-state index is 14.2. The number of methoxy groups -OCH3 is 1. The van der Waals surface area contributed by atoms with Crippen LogP contribution >= 0.6 is 0 Å². The molecule has 1 saturated heterocycles. The van der Waals surface area contributed by atoms with E-state index in [2.05, 4.69) is 24.1 Å². The zero-order valence-corrected chi connectivity index (χ0v) is 27.1. The van der Waals surface area contributed by atoms with Crippen LogP contribution in [0.3, 0.4) is 0 Å². The van der Waals surface area contributed by atoms with E-state index < -0.39 is 29.1 Å². The zero-order chi connectivity index (χ0) is 31.2. The highest BCUT2D eigenvalue weighted by Crippen LogP contribution is 2.35. The van der Waals surface area contributed by atoms with Crippen molar-refractivity contribution in [3.63, 3.8) is 0 Å². The molecule has 1 aliphatic carbocycles. The maximum absolute atomic E-state index is 14.2. The molecule has 3 unspecified atom stereocenters. The molecule has 1 aromatic rings. The highest BCUT2D eigenvalue weighted by molar-refractivity contribution is 5.96. The standard InChI is InChI=1S/C32H52N4O6/c1-10-41-20-25(15-21(2)3)34-28(37)22-16-23(19-35(18-22)30(39)42-31(4,5)6)29(38)36(26-12-13-26)27-14-11-24(17-33-27)32(7,8)40-9/h11,14,17,21-23,25-26H,10,12-13,15-16,18-20H2,1-9H3,(H,34,37). The van der Waals surface area contributed by atoms with Gasteiger partial charge in [0.2, 0.25) is 11.8 Å². The number of hydrogen-bond acceptors (Lipinski definition) is 7. The van der Waals surface area contributed by atoms with Crippen molar-refractivity contribution in [2.24, 2.45) is 17.8 Å². The van der Waals surface area contributed by atoms with E-state index in [-0.39, 0.29) is 37.0 Å². The average Bonchev–Trinajstić information content (AvgIpc) is 3.75. The first-order valence-corrected chi connectivity index (χ1v) is 15.4. The number of nitrogens with one attached hydrogen (secondary N) is 1. The van der Waals surface area contributed by atoms with Crippen LogP contribution in [0.1, 0.15) is 86.6 Å². The molecule has 0 bridgehead atoms. The fourth-order valence-corrected chi connectivity index (χ4v) is 5.27. The van der Waals surface area contributed by atoms with Gasteiger partial charge in [-0.2, -0.15) is 0 Å². The molecule has 0 radical (unpaired) electrons. The van der Waals surface area contributed by atoms with Crippen LogP contribution in [0.15, 0.2) is 18.3 Å². The molecule has 3 amide bonds. The van der Waals surface area contributed by atoms with Gasteiger partial charge in [-0.05, 0) is 79.2 Å². The Labute approximate surface area is 251 Å². The van der Waals surface area contributed by atoms with Crippen LogP contribution < -0.4 is 10.2 Å². The number of hydrogen-bond donors (Lipinski definition) is 1. The molecule has 1 saturated carbocycles. The van der Waals surface area contributed by atoms with Crippen molar-refractivity contribution in [1.29, 1.82) is 0 Å². The first-order valence-electron chi connectivity index (χ1n) is 15.4. The van der Waals surface area contributed by atoms with Gasteiger partial charge in [-0.25, -0.2) is 9.78 Å². The lowest BCUT2D eigenvalue weighted by molar-refractivity contribution is -0.131. The van der Waals surface area contributed by atoms with Crippen molar-refractivity contribution in [3.05, 3.63) is 23.9 Å². The maximum Gasteiger partial charge on any atom is 0.410 e. The van der Waals surface area contributed by atoms with E-state index in [1.54, 1.807) is 39.0 Å². The van der Waals surface area contributed by atoms with E-state index in [0.717, 1.165) is 24.8 Å². The average molecular weight is 589 g/mol. The molecule has 2 aliphatic rings. The Morgan fingerprint density at radius 2 is 1.76 bits per heavy atom. The summed E-state index contributed by atoms with van der Waals surface area (Å²) >= 11 is 0. The molecule has 0 spiro atoms. The largest absolute Gasteiger partial charge is 0.444 e. The second-order valence-corrected chi connectivity index (χ2v) is 13.6. The van der Waals surface area contributed by atoms with E-state index in [1.807, 2.05) is 32.9 Å². The molecular formula is C32H52N4O6. The molecule has 3 rings (SSSR count). The van der Waals surface area contributed by atoms with E-state index in [9.17, 15) is 14.4 Å². The molecule has 236 valence electrons. The number of amides is 3. The number of rotatable bonds is 12. The molecule has 1 aromatic heterocycles. The van der Waals surface area contributed by atoms with Crippen molar-refractivity contribution in [2.45, 2.75) is 104 Å². The highest BCUT2D eigenvalue weighted by Gasteiger charge is 2.44. The zero-order valence-electron chi connectivity index (χ0n) is 27.1. The Kier molecular flexibility index (Phi) is 11.4. The highest BCUT2D eigenvalue weighted by atomic mass is 16.6. The Hall–Kier alpha value is -2.72. The van der Waals surface area contributed by atoms with E-state index in [1.165, 1.54) is 4.90 Å². The molecule has 3 atom stereocenters. The van der Waals surface area contributed by atoms with E-state index >= 15 is 0 Å². The van der Waals surface area contributed by atoms with Crippen molar-refractivity contribution in [1.82, 2.24) is 15.2 Å². The minimum atomic E-state index is -0.701. The summed E-state index contributed by atoms with van der Waals surface area (Å²) in [6.07, 6.45) is 4.12. The Balaban J connectivity index is 1.86. The number of carbonyl (C=O) groups excluding carboxylic acids is 3. The normalized spacial score (nSPS) is 20.3. The smallest absolute Gasteiger partial charge is 0.410 e. The monoisotopic (exact) mass is 588 g/mol. The van der Waals surface area contributed by atoms with Gasteiger partial charge in [-0.1, -0.05) is 19.9 Å². The second-order valence-electron chi connectivity index (χ2n) is 13.6. The van der Waals surface area contributed by atoms with Crippen LogP contribution in [0.5, 0.6) is 0 Å². The minimum Gasteiger partial charge on any atom is -0.444 e. The van der Waals surface area contributed by atoms with Gasteiger partial charge in [0, 0.05) is 44.6 Å². The molecule has 2 fully saturated rings. The third kappa shape index (κ3) is 9.39. The van der Waals surface area contributed by atoms with Crippen LogP contribution in [-0.4, -0.2) is 78.9 Å². The lowest BCUT2D eigenvalue weighted by atomic mass is 9.87. The quantitative estimate of drug-likeness (QED) is 0.370. The van der Waals surface area contributed by atoms with Crippen molar-refractivity contribution in [3.8, 4) is 0 Å². The second kappa shape index (κ2) is 14.2. The Morgan fingerprint density at radius 3 is 2.29 bits per heavy atom. The summed E-state index contributed by atoms with van der Waals surface area (Å²) in [7, 11) is 1.65. The van der Waals surface area contributed by atoms with Crippen LogP contribution in [0.2, 0.25) is 0 Å². The first kappa shape index (κ1) is 33.8. The van der Waals surface area contributed by atoms with Gasteiger partial charge in [0.05, 0.1) is 30.1 Å². The third-order valence-corrected chi connectivity index (χ3v) is 7.80. The summed E-state index contributed by atoms with van der Waals surface area (Å²) < 4.78 is 16.9. The molecule has 1 aliphatic heterocycles. The van der Waals surface area contributed by atoms with Crippen molar-refractivity contribution < 1.29 is 28.6 Å². The Morgan fingerprint density at radius 1 is 1.10 bits per heavy atom. The lowest BCUT2D eigenvalue weighted by Gasteiger charge is -2.39. The van der Waals surface area contributed by atoms with Gasteiger partial charge in [-0.15, -0.1) is 0 Å². The number of nitrogens with zero attached hydrogens (tertiary/aromatic N) is 3. The van der Waals surface area contributed by atoms with Gasteiger partial charge in [0.25, 0.3) is 0 Å². The number of ether oxygens (including phenoxy) is 3. The molecule has 0 aromatic carbocycles. The van der Waals surface area contributed by atoms with Gasteiger partial charge in [0.1, 0.15) is 11.4 Å². The molecular weight excluding hydrogens is 536 g/mol. The summed E-state index contributed by atoms with van der Waals surface area (Å²) in [6.45, 7) is 16.8. The number of piperidine rings is 1. The van der Waals surface area contributed by atoms with Crippen LogP contribution in [0.4, 0.5) is 10.6 Å². The van der Waals surface area contributed by atoms with Crippen molar-refractivity contribution in [2.75, 3.05) is 38.3 Å². The Bertz CT molecular complexity index is 1060. The molecule has 42 heavy (non-hydrogen) atoms. The summed E-state index contributed by atoms with van der Waals surface area (Å²) in [6, 6.07) is 3.70. The summed E-state index contributed by atoms with van der Waals surface area (Å²) in [5, 5.41) is 3.15. The lowest BCUT2D eigenvalue weighted by Crippen LogP contribution is -2.55. The summed E-state index contributed by atoms with van der Waals surface area (Å²) in [5.41, 5.74) is -0.300.